The maximum Gasteiger partial charge on any atom is 0.323 e. The summed E-state index contributed by atoms with van der Waals surface area (Å²) >= 11 is 5.87. The molecule has 1 aromatic carbocycles. The third-order valence-corrected chi connectivity index (χ3v) is 3.64. The van der Waals surface area contributed by atoms with Gasteiger partial charge in [0.05, 0.1) is 0 Å². The van der Waals surface area contributed by atoms with Gasteiger partial charge in [0.1, 0.15) is 11.4 Å². The van der Waals surface area contributed by atoms with Crippen molar-refractivity contribution in [2.24, 2.45) is 0 Å². The summed E-state index contributed by atoms with van der Waals surface area (Å²) in [6, 6.07) is 4.43. The second-order valence-electron chi connectivity index (χ2n) is 4.29. The normalized spacial score (nSPS) is 17.5. The molecule has 0 saturated heterocycles. The molecule has 2 N–H and O–H groups in total. The molecule has 0 aliphatic heterocycles. The molecule has 1 aliphatic carbocycles. The van der Waals surface area contributed by atoms with E-state index in [1.54, 1.807) is 6.07 Å². The number of nitrogens with one attached hydrogen (secondary N) is 1. The fourth-order valence-electron chi connectivity index (χ4n) is 1.96. The lowest BCUT2D eigenvalue weighted by molar-refractivity contribution is -0.148. The molecule has 2 rings (SSSR count). The third-order valence-electron chi connectivity index (χ3n) is 3.28. The van der Waals surface area contributed by atoms with Crippen LogP contribution in [-0.4, -0.2) is 16.6 Å². The molecule has 0 heterocycles. The quantitative estimate of drug-likeness (QED) is 0.872. The van der Waals surface area contributed by atoms with E-state index in [9.17, 15) is 9.18 Å². The molecule has 1 saturated carbocycles. The van der Waals surface area contributed by atoms with E-state index < -0.39 is 17.3 Å². The summed E-state index contributed by atoms with van der Waals surface area (Å²) < 4.78 is 13.5. The first kappa shape index (κ1) is 12.3. The summed E-state index contributed by atoms with van der Waals surface area (Å²) in [4.78, 5) is 11.1. The van der Waals surface area contributed by atoms with E-state index >= 15 is 0 Å². The number of hydrogen-bond donors (Lipinski definition) is 2. The van der Waals surface area contributed by atoms with Crippen LogP contribution >= 0.6 is 11.6 Å². The highest BCUT2D eigenvalue weighted by Crippen LogP contribution is 2.33. The molecule has 0 radical (unpaired) electrons. The number of benzene rings is 1. The van der Waals surface area contributed by atoms with Gasteiger partial charge < -0.3 is 5.11 Å². The summed E-state index contributed by atoms with van der Waals surface area (Å²) in [6.07, 6.45) is 2.03. The smallest absolute Gasteiger partial charge is 0.323 e. The van der Waals surface area contributed by atoms with Gasteiger partial charge in [-0.1, -0.05) is 17.7 Å². The molecular formula is C12H13ClFNO2. The Morgan fingerprint density at radius 3 is 2.71 bits per heavy atom. The zero-order valence-electron chi connectivity index (χ0n) is 9.17. The third kappa shape index (κ3) is 2.28. The lowest BCUT2D eigenvalue weighted by Crippen LogP contribution is -2.56. The van der Waals surface area contributed by atoms with Gasteiger partial charge in [-0.05, 0) is 31.4 Å². The summed E-state index contributed by atoms with van der Waals surface area (Å²) in [5.41, 5.74) is -0.576. The van der Waals surface area contributed by atoms with Crippen molar-refractivity contribution in [3.05, 3.63) is 34.6 Å². The lowest BCUT2D eigenvalue weighted by atomic mass is 9.76. The zero-order chi connectivity index (χ0) is 12.5. The average molecular weight is 258 g/mol. The Bertz CT molecular complexity index is 426. The number of hydrogen-bond acceptors (Lipinski definition) is 2. The Hall–Kier alpha value is -1.13. The molecule has 0 amide bonds. The highest BCUT2D eigenvalue weighted by Gasteiger charge is 2.43. The number of carboxylic acids is 1. The van der Waals surface area contributed by atoms with Crippen molar-refractivity contribution in [2.45, 2.75) is 31.3 Å². The van der Waals surface area contributed by atoms with Crippen LogP contribution in [0.3, 0.4) is 0 Å². The fourth-order valence-corrected chi connectivity index (χ4v) is 2.19. The number of halogens is 2. The Labute approximate surface area is 104 Å². The summed E-state index contributed by atoms with van der Waals surface area (Å²) in [5.74, 6) is -1.29. The van der Waals surface area contributed by atoms with E-state index in [0.717, 1.165) is 6.42 Å². The van der Waals surface area contributed by atoms with Crippen LogP contribution in [0, 0.1) is 5.82 Å². The van der Waals surface area contributed by atoms with Gasteiger partial charge in [-0.2, -0.15) is 0 Å². The predicted octanol–water partition coefficient (Wildman–Crippen LogP) is 2.58. The van der Waals surface area contributed by atoms with Crippen molar-refractivity contribution in [1.29, 1.82) is 0 Å². The van der Waals surface area contributed by atoms with E-state index in [4.69, 9.17) is 16.7 Å². The molecule has 1 fully saturated rings. The van der Waals surface area contributed by atoms with Gasteiger partial charge in [-0.3, -0.25) is 10.1 Å². The first-order valence-corrected chi connectivity index (χ1v) is 5.84. The molecule has 0 bridgehead atoms. The Balaban J connectivity index is 2.10. The summed E-state index contributed by atoms with van der Waals surface area (Å²) in [5, 5.41) is 12.3. The van der Waals surface area contributed by atoms with Gasteiger partial charge in [0.25, 0.3) is 0 Å². The molecule has 0 spiro atoms. The van der Waals surface area contributed by atoms with Gasteiger partial charge in [0, 0.05) is 17.1 Å². The van der Waals surface area contributed by atoms with Crippen LogP contribution in [-0.2, 0) is 11.3 Å². The molecular weight excluding hydrogens is 245 g/mol. The van der Waals surface area contributed by atoms with Crippen LogP contribution in [0.4, 0.5) is 4.39 Å². The van der Waals surface area contributed by atoms with Crippen LogP contribution in [0.5, 0.6) is 0 Å². The summed E-state index contributed by atoms with van der Waals surface area (Å²) in [7, 11) is 0. The first-order valence-electron chi connectivity index (χ1n) is 5.46. The lowest BCUT2D eigenvalue weighted by Gasteiger charge is -2.38. The summed E-state index contributed by atoms with van der Waals surface area (Å²) in [6.45, 7) is 0.137. The largest absolute Gasteiger partial charge is 0.480 e. The van der Waals surface area contributed by atoms with Crippen molar-refractivity contribution in [3.63, 3.8) is 0 Å². The maximum absolute atomic E-state index is 13.5. The molecule has 3 nitrogen and oxygen atoms in total. The van der Waals surface area contributed by atoms with Crippen LogP contribution in [0.25, 0.3) is 0 Å². The second kappa shape index (κ2) is 4.63. The predicted molar refractivity (Wildman–Crippen MR) is 62.5 cm³/mol. The fraction of sp³-hybridized carbons (Fsp3) is 0.417. The second-order valence-corrected chi connectivity index (χ2v) is 4.70. The molecule has 0 unspecified atom stereocenters. The van der Waals surface area contributed by atoms with Crippen LogP contribution in [0.1, 0.15) is 24.8 Å². The monoisotopic (exact) mass is 257 g/mol. The SMILES string of the molecule is O=C(O)C1(NCc2c(F)cccc2Cl)CCC1. The molecule has 5 heteroatoms. The minimum absolute atomic E-state index is 0.137. The molecule has 1 aromatic rings. The van der Waals surface area contributed by atoms with Crippen molar-refractivity contribution in [2.75, 3.05) is 0 Å². The van der Waals surface area contributed by atoms with Crippen molar-refractivity contribution < 1.29 is 14.3 Å². The Morgan fingerprint density at radius 1 is 1.53 bits per heavy atom. The number of carbonyl (C=O) groups is 1. The highest BCUT2D eigenvalue weighted by atomic mass is 35.5. The van der Waals surface area contributed by atoms with E-state index in [2.05, 4.69) is 5.32 Å². The van der Waals surface area contributed by atoms with Crippen molar-refractivity contribution in [1.82, 2.24) is 5.32 Å². The van der Waals surface area contributed by atoms with E-state index in [0.29, 0.717) is 23.4 Å². The highest BCUT2D eigenvalue weighted by molar-refractivity contribution is 6.31. The maximum atomic E-state index is 13.5. The Kier molecular flexibility index (Phi) is 3.35. The van der Waals surface area contributed by atoms with Crippen LogP contribution in [0.15, 0.2) is 18.2 Å². The average Bonchev–Trinajstić information content (AvgIpc) is 2.19. The number of carboxylic acid groups (broad SMARTS) is 1. The zero-order valence-corrected chi connectivity index (χ0v) is 9.93. The van der Waals surface area contributed by atoms with Crippen LogP contribution in [0.2, 0.25) is 5.02 Å². The van der Waals surface area contributed by atoms with Gasteiger partial charge in [0.15, 0.2) is 0 Å². The van der Waals surface area contributed by atoms with Gasteiger partial charge in [-0.15, -0.1) is 0 Å². The van der Waals surface area contributed by atoms with Crippen molar-refractivity contribution >= 4 is 17.6 Å². The topological polar surface area (TPSA) is 49.3 Å². The number of aliphatic carboxylic acids is 1. The van der Waals surface area contributed by atoms with Gasteiger partial charge in [0.2, 0.25) is 0 Å². The number of rotatable bonds is 4. The molecule has 1 aliphatic rings. The molecule has 0 aromatic heterocycles. The van der Waals surface area contributed by atoms with Gasteiger partial charge >= 0.3 is 5.97 Å². The Morgan fingerprint density at radius 2 is 2.24 bits per heavy atom. The standard InChI is InChI=1S/C12H13ClFNO2/c13-9-3-1-4-10(14)8(9)7-15-12(11(16)17)5-2-6-12/h1,3-4,15H,2,5-7H2,(H,16,17). The minimum atomic E-state index is -0.897. The van der Waals surface area contributed by atoms with Crippen molar-refractivity contribution in [3.8, 4) is 0 Å². The van der Waals surface area contributed by atoms with E-state index in [-0.39, 0.29) is 6.54 Å². The van der Waals surface area contributed by atoms with E-state index in [1.165, 1.54) is 12.1 Å². The molecule has 92 valence electrons. The van der Waals surface area contributed by atoms with Crippen LogP contribution < -0.4 is 5.32 Å². The first-order chi connectivity index (χ1) is 8.05. The van der Waals surface area contributed by atoms with E-state index in [1.807, 2.05) is 0 Å². The molecule has 17 heavy (non-hydrogen) atoms. The van der Waals surface area contributed by atoms with Gasteiger partial charge in [-0.25, -0.2) is 4.39 Å². The minimum Gasteiger partial charge on any atom is -0.480 e. The molecule has 0 atom stereocenters.